The molecule has 144 valence electrons. The van der Waals surface area contributed by atoms with Crippen molar-refractivity contribution in [2.75, 3.05) is 26.7 Å². The highest BCUT2D eigenvalue weighted by Crippen LogP contribution is 2.28. The Morgan fingerprint density at radius 3 is 2.48 bits per heavy atom. The lowest BCUT2D eigenvalue weighted by Crippen LogP contribution is -2.37. The molecular weight excluding hydrogens is 383 g/mol. The second kappa shape index (κ2) is 9.45. The van der Waals surface area contributed by atoms with Crippen molar-refractivity contribution in [3.05, 3.63) is 63.6 Å². The van der Waals surface area contributed by atoms with Crippen LogP contribution >= 0.6 is 23.2 Å². The monoisotopic (exact) mass is 406 g/mol. The van der Waals surface area contributed by atoms with Crippen LogP contribution < -0.4 is 10.1 Å². The largest absolute Gasteiger partial charge is 0.497 e. The van der Waals surface area contributed by atoms with Gasteiger partial charge in [-0.05, 0) is 61.3 Å². The summed E-state index contributed by atoms with van der Waals surface area (Å²) >= 11 is 12.4. The van der Waals surface area contributed by atoms with Crippen LogP contribution in [0.1, 0.15) is 30.0 Å². The molecule has 0 saturated carbocycles. The number of amides is 1. The average molecular weight is 407 g/mol. The molecule has 0 aromatic heterocycles. The van der Waals surface area contributed by atoms with E-state index in [1.165, 1.54) is 12.8 Å². The van der Waals surface area contributed by atoms with E-state index in [4.69, 9.17) is 27.9 Å². The molecule has 1 amide bonds. The number of carbonyl (C=O) groups excluding carboxylic acids is 1. The highest BCUT2D eigenvalue weighted by molar-refractivity contribution is 6.36. The first kappa shape index (κ1) is 20.0. The Balaban J connectivity index is 1.70. The van der Waals surface area contributed by atoms with E-state index in [0.717, 1.165) is 24.4 Å². The summed E-state index contributed by atoms with van der Waals surface area (Å²) in [4.78, 5) is 14.9. The van der Waals surface area contributed by atoms with E-state index in [2.05, 4.69) is 16.3 Å². The molecule has 1 fully saturated rings. The number of nitrogens with zero attached hydrogens (tertiary/aromatic N) is 1. The number of benzene rings is 2. The molecule has 2 aromatic rings. The molecule has 0 radical (unpaired) electrons. The number of likely N-dealkylation sites (tertiary alicyclic amines) is 1. The van der Waals surface area contributed by atoms with Crippen molar-refractivity contribution in [1.82, 2.24) is 10.2 Å². The van der Waals surface area contributed by atoms with Gasteiger partial charge in [-0.15, -0.1) is 0 Å². The summed E-state index contributed by atoms with van der Waals surface area (Å²) in [5.74, 6) is 0.739. The number of methoxy groups -OCH3 is 1. The van der Waals surface area contributed by atoms with Crippen molar-refractivity contribution in [3.8, 4) is 5.75 Å². The van der Waals surface area contributed by atoms with Crippen LogP contribution in [0.5, 0.6) is 5.75 Å². The van der Waals surface area contributed by atoms with Gasteiger partial charge in [0.1, 0.15) is 5.75 Å². The van der Waals surface area contributed by atoms with Gasteiger partial charge in [0, 0.05) is 16.6 Å². The van der Waals surface area contributed by atoms with Crippen molar-refractivity contribution >= 4 is 29.1 Å². The van der Waals surface area contributed by atoms with Gasteiger partial charge >= 0.3 is 0 Å². The summed E-state index contributed by atoms with van der Waals surface area (Å²) in [7, 11) is 1.67. The van der Waals surface area contributed by atoms with Gasteiger partial charge in [-0.2, -0.15) is 0 Å². The maximum absolute atomic E-state index is 12.5. The summed E-state index contributed by atoms with van der Waals surface area (Å²) in [5, 5.41) is 4.09. The third kappa shape index (κ3) is 5.16. The number of halogens is 2. The minimum Gasteiger partial charge on any atom is -0.497 e. The summed E-state index contributed by atoms with van der Waals surface area (Å²) in [5.41, 5.74) is 1.81. The number of hydrogen-bond acceptors (Lipinski definition) is 3. The Hall–Kier alpha value is -1.75. The topological polar surface area (TPSA) is 41.6 Å². The lowest BCUT2D eigenvalue weighted by molar-refractivity contribution is -0.120. The number of nitrogens with one attached hydrogen (secondary N) is 1. The molecule has 4 nitrogen and oxygen atoms in total. The molecule has 0 aliphatic carbocycles. The minimum absolute atomic E-state index is 0.0860. The first-order chi connectivity index (χ1) is 13.1. The van der Waals surface area contributed by atoms with E-state index < -0.39 is 0 Å². The number of ether oxygens (including phenoxy) is 1. The normalized spacial score (nSPS) is 15.5. The van der Waals surface area contributed by atoms with Gasteiger partial charge in [-0.25, -0.2) is 0 Å². The van der Waals surface area contributed by atoms with E-state index in [1.807, 2.05) is 18.2 Å². The Kier molecular flexibility index (Phi) is 7.00. The molecule has 27 heavy (non-hydrogen) atoms. The van der Waals surface area contributed by atoms with E-state index in [1.54, 1.807) is 25.3 Å². The highest BCUT2D eigenvalue weighted by atomic mass is 35.5. The van der Waals surface area contributed by atoms with Crippen LogP contribution in [0, 0.1) is 0 Å². The average Bonchev–Trinajstić information content (AvgIpc) is 3.20. The summed E-state index contributed by atoms with van der Waals surface area (Å²) < 4.78 is 5.36. The Bertz CT molecular complexity index is 771. The van der Waals surface area contributed by atoms with Crippen molar-refractivity contribution in [1.29, 1.82) is 0 Å². The fourth-order valence-electron chi connectivity index (χ4n) is 3.49. The molecule has 0 bridgehead atoms. The molecule has 1 N–H and O–H groups in total. The van der Waals surface area contributed by atoms with Crippen LogP contribution in [0.15, 0.2) is 42.5 Å². The zero-order valence-corrected chi connectivity index (χ0v) is 16.9. The quantitative estimate of drug-likeness (QED) is 0.735. The SMILES string of the molecule is COc1cccc(C(CNC(=O)Cc2c(Cl)cccc2Cl)N2CCCC2)c1. The maximum Gasteiger partial charge on any atom is 0.224 e. The molecule has 0 spiro atoms. The fraction of sp³-hybridized carbons (Fsp3) is 0.381. The molecular formula is C21H24Cl2N2O2. The predicted octanol–water partition coefficient (Wildman–Crippen LogP) is 4.50. The van der Waals surface area contributed by atoms with Crippen molar-refractivity contribution < 1.29 is 9.53 Å². The van der Waals surface area contributed by atoms with Crippen molar-refractivity contribution in [2.45, 2.75) is 25.3 Å². The molecule has 1 aliphatic heterocycles. The van der Waals surface area contributed by atoms with Crippen LogP contribution in [-0.4, -0.2) is 37.6 Å². The first-order valence-electron chi connectivity index (χ1n) is 9.16. The molecule has 1 aliphatic rings. The molecule has 3 rings (SSSR count). The number of rotatable bonds is 7. The molecule has 1 heterocycles. The van der Waals surface area contributed by atoms with Crippen LogP contribution in [0.25, 0.3) is 0 Å². The summed E-state index contributed by atoms with van der Waals surface area (Å²) in [6, 6.07) is 13.4. The standard InChI is InChI=1S/C21H24Cl2N2O2/c1-27-16-7-4-6-15(12-16)20(25-10-2-3-11-25)14-24-21(26)13-17-18(22)8-5-9-19(17)23/h4-9,12,20H,2-3,10-11,13-14H2,1H3,(H,24,26). The van der Waals surface area contributed by atoms with Gasteiger partial charge in [-0.3, -0.25) is 9.69 Å². The zero-order chi connectivity index (χ0) is 19.2. The Labute approximate surface area is 170 Å². The van der Waals surface area contributed by atoms with Crippen LogP contribution in [0.4, 0.5) is 0 Å². The first-order valence-corrected chi connectivity index (χ1v) is 9.91. The molecule has 1 saturated heterocycles. The molecule has 2 aromatic carbocycles. The van der Waals surface area contributed by atoms with E-state index >= 15 is 0 Å². The van der Waals surface area contributed by atoms with Crippen molar-refractivity contribution in [2.24, 2.45) is 0 Å². The smallest absolute Gasteiger partial charge is 0.224 e. The second-order valence-electron chi connectivity index (χ2n) is 6.72. The zero-order valence-electron chi connectivity index (χ0n) is 15.4. The summed E-state index contributed by atoms with van der Waals surface area (Å²) in [6.45, 7) is 2.61. The van der Waals surface area contributed by atoms with Gasteiger partial charge in [0.15, 0.2) is 0 Å². The lowest BCUT2D eigenvalue weighted by atomic mass is 10.0. The van der Waals surface area contributed by atoms with E-state index in [-0.39, 0.29) is 18.4 Å². The predicted molar refractivity (Wildman–Crippen MR) is 110 cm³/mol. The third-order valence-corrected chi connectivity index (χ3v) is 5.66. The van der Waals surface area contributed by atoms with Gasteiger partial charge in [0.05, 0.1) is 19.6 Å². The molecule has 6 heteroatoms. The fourth-order valence-corrected chi connectivity index (χ4v) is 4.03. The Morgan fingerprint density at radius 2 is 1.81 bits per heavy atom. The van der Waals surface area contributed by atoms with Crippen LogP contribution in [0.2, 0.25) is 10.0 Å². The van der Waals surface area contributed by atoms with Crippen LogP contribution in [-0.2, 0) is 11.2 Å². The minimum atomic E-state index is -0.0860. The Morgan fingerprint density at radius 1 is 1.15 bits per heavy atom. The van der Waals surface area contributed by atoms with Gasteiger partial charge in [-0.1, -0.05) is 41.4 Å². The maximum atomic E-state index is 12.5. The molecule has 1 atom stereocenters. The van der Waals surface area contributed by atoms with E-state index in [0.29, 0.717) is 22.2 Å². The van der Waals surface area contributed by atoms with Gasteiger partial charge in [0.2, 0.25) is 5.91 Å². The lowest BCUT2D eigenvalue weighted by Gasteiger charge is -2.28. The summed E-state index contributed by atoms with van der Waals surface area (Å²) in [6.07, 6.45) is 2.54. The number of hydrogen-bond donors (Lipinski definition) is 1. The van der Waals surface area contributed by atoms with Crippen LogP contribution in [0.3, 0.4) is 0 Å². The number of carbonyl (C=O) groups is 1. The third-order valence-electron chi connectivity index (χ3n) is 4.95. The highest BCUT2D eigenvalue weighted by Gasteiger charge is 2.24. The van der Waals surface area contributed by atoms with E-state index in [9.17, 15) is 4.79 Å². The van der Waals surface area contributed by atoms with Crippen molar-refractivity contribution in [3.63, 3.8) is 0 Å². The van der Waals surface area contributed by atoms with Gasteiger partial charge in [0.25, 0.3) is 0 Å². The second-order valence-corrected chi connectivity index (χ2v) is 7.53. The molecule has 1 unspecified atom stereocenters. The van der Waals surface area contributed by atoms with Gasteiger partial charge < -0.3 is 10.1 Å².